The van der Waals surface area contributed by atoms with E-state index in [0.717, 1.165) is 0 Å². The number of carbonyl (C=O) groups is 2. The van der Waals surface area contributed by atoms with Crippen LogP contribution in [-0.4, -0.2) is 38.3 Å². The molecule has 0 saturated carbocycles. The molecule has 1 heterocycles. The topological polar surface area (TPSA) is 98.8 Å². The number of carbonyl (C=O) groups excluding carboxylic acids is 2. The molecule has 2 rings (SSSR count). The average Bonchev–Trinajstić information content (AvgIpc) is 2.48. The number of sulfone groups is 1. The summed E-state index contributed by atoms with van der Waals surface area (Å²) >= 11 is 0. The third kappa shape index (κ3) is 2.66. The number of esters is 1. The first-order valence-corrected chi connectivity index (χ1v) is 8.44. The highest BCUT2D eigenvalue weighted by Crippen LogP contribution is 2.36. The lowest BCUT2D eigenvalue weighted by atomic mass is 10.0. The Morgan fingerprint density at radius 2 is 2.05 bits per heavy atom. The quantitative estimate of drug-likeness (QED) is 0.657. The van der Waals surface area contributed by atoms with Gasteiger partial charge in [-0.15, -0.1) is 0 Å². The molecular formula is C14H17NO6S. The van der Waals surface area contributed by atoms with Crippen LogP contribution >= 0.6 is 0 Å². The van der Waals surface area contributed by atoms with Crippen LogP contribution in [0.4, 0.5) is 5.69 Å². The Hall–Kier alpha value is -2.09. The van der Waals surface area contributed by atoms with Gasteiger partial charge in [0, 0.05) is 0 Å². The van der Waals surface area contributed by atoms with E-state index >= 15 is 0 Å². The molecule has 0 spiro atoms. The van der Waals surface area contributed by atoms with Gasteiger partial charge < -0.3 is 14.8 Å². The molecule has 1 amide bonds. The summed E-state index contributed by atoms with van der Waals surface area (Å²) < 4.78 is 34.0. The van der Waals surface area contributed by atoms with Crippen molar-refractivity contribution >= 4 is 27.4 Å². The van der Waals surface area contributed by atoms with Gasteiger partial charge in [-0.05, 0) is 32.0 Å². The Labute approximate surface area is 128 Å². The smallest absolute Gasteiger partial charge is 0.360 e. The summed E-state index contributed by atoms with van der Waals surface area (Å²) in [5, 5.41) is 2.50. The molecule has 0 aliphatic carbocycles. The van der Waals surface area contributed by atoms with Gasteiger partial charge in [-0.25, -0.2) is 13.2 Å². The van der Waals surface area contributed by atoms with E-state index in [9.17, 15) is 18.0 Å². The molecule has 0 unspecified atom stereocenters. The maximum atomic E-state index is 12.1. The fraction of sp³-hybridized carbons (Fsp3) is 0.429. The molecule has 0 fully saturated rings. The lowest BCUT2D eigenvalue weighted by Crippen LogP contribution is -2.55. The van der Waals surface area contributed by atoms with Gasteiger partial charge in [-0.2, -0.15) is 0 Å². The lowest BCUT2D eigenvalue weighted by Gasteiger charge is -2.32. The number of anilines is 1. The van der Waals surface area contributed by atoms with E-state index in [0.29, 0.717) is 0 Å². The molecule has 0 saturated heterocycles. The van der Waals surface area contributed by atoms with Crippen molar-refractivity contribution in [3.8, 4) is 5.75 Å². The largest absolute Gasteiger partial charge is 0.464 e. The van der Waals surface area contributed by atoms with Gasteiger partial charge in [-0.3, -0.25) is 4.79 Å². The van der Waals surface area contributed by atoms with Crippen molar-refractivity contribution < 1.29 is 27.5 Å². The second kappa shape index (κ2) is 5.60. The number of amides is 1. The van der Waals surface area contributed by atoms with Crippen LogP contribution in [0.15, 0.2) is 23.1 Å². The van der Waals surface area contributed by atoms with Crippen molar-refractivity contribution in [2.45, 2.75) is 31.3 Å². The van der Waals surface area contributed by atoms with E-state index in [1.165, 1.54) is 32.0 Å². The number of ether oxygens (including phenoxy) is 2. The zero-order valence-corrected chi connectivity index (χ0v) is 13.3. The normalized spacial score (nSPS) is 20.6. The first-order valence-electron chi connectivity index (χ1n) is 6.79. The highest BCUT2D eigenvalue weighted by atomic mass is 32.2. The maximum Gasteiger partial charge on any atom is 0.360 e. The van der Waals surface area contributed by atoms with E-state index in [1.807, 2.05) is 0 Å². The minimum Gasteiger partial charge on any atom is -0.464 e. The fourth-order valence-corrected chi connectivity index (χ4v) is 2.87. The van der Waals surface area contributed by atoms with Crippen molar-refractivity contribution in [2.24, 2.45) is 0 Å². The first-order chi connectivity index (χ1) is 10.2. The summed E-state index contributed by atoms with van der Waals surface area (Å²) in [4.78, 5) is 24.1. The summed E-state index contributed by atoms with van der Waals surface area (Å²) in [6.07, 6.45) is 0. The second-order valence-corrected chi connectivity index (χ2v) is 7.15. The molecule has 0 bridgehead atoms. The van der Waals surface area contributed by atoms with Crippen molar-refractivity contribution in [3.63, 3.8) is 0 Å². The predicted molar refractivity (Wildman–Crippen MR) is 78.5 cm³/mol. The van der Waals surface area contributed by atoms with E-state index in [1.54, 1.807) is 6.92 Å². The number of nitrogens with one attached hydrogen (secondary N) is 1. The molecule has 1 atom stereocenters. The number of hydrogen-bond donors (Lipinski definition) is 1. The SMILES string of the molecule is CCOC(=O)[C@@]1(C)Oc2ccc(S(=O)(=O)CC)cc2NC1=O. The molecule has 1 aromatic carbocycles. The third-order valence-corrected chi connectivity index (χ3v) is 5.08. The minimum absolute atomic E-state index is 0.0544. The molecule has 0 radical (unpaired) electrons. The zero-order chi connectivity index (χ0) is 16.5. The Bertz CT molecular complexity index is 727. The summed E-state index contributed by atoms with van der Waals surface area (Å²) in [6, 6.07) is 4.10. The van der Waals surface area contributed by atoms with Crippen LogP contribution in [0.5, 0.6) is 5.75 Å². The molecule has 1 aliphatic heterocycles. The van der Waals surface area contributed by atoms with Gasteiger partial charge in [0.25, 0.3) is 11.5 Å². The van der Waals surface area contributed by atoms with E-state index in [4.69, 9.17) is 9.47 Å². The lowest BCUT2D eigenvalue weighted by molar-refractivity contribution is -0.165. The van der Waals surface area contributed by atoms with Gasteiger partial charge in [0.15, 0.2) is 9.84 Å². The van der Waals surface area contributed by atoms with Crippen LogP contribution in [0.2, 0.25) is 0 Å². The molecule has 22 heavy (non-hydrogen) atoms. The van der Waals surface area contributed by atoms with Gasteiger partial charge in [0.1, 0.15) is 5.75 Å². The molecular weight excluding hydrogens is 310 g/mol. The van der Waals surface area contributed by atoms with Crippen LogP contribution in [-0.2, 0) is 24.2 Å². The number of benzene rings is 1. The average molecular weight is 327 g/mol. The molecule has 1 aliphatic rings. The Morgan fingerprint density at radius 3 is 2.64 bits per heavy atom. The van der Waals surface area contributed by atoms with E-state index in [-0.39, 0.29) is 28.7 Å². The van der Waals surface area contributed by atoms with Crippen LogP contribution in [0.1, 0.15) is 20.8 Å². The van der Waals surface area contributed by atoms with Gasteiger partial charge in [0.2, 0.25) is 0 Å². The van der Waals surface area contributed by atoms with Crippen molar-refractivity contribution in [1.82, 2.24) is 0 Å². The molecule has 1 N–H and O–H groups in total. The standard InChI is InChI=1S/C14H17NO6S/c1-4-20-13(17)14(3)12(16)15-10-8-9(22(18,19)5-2)6-7-11(10)21-14/h6-8H,4-5H2,1-3H3,(H,15,16)/t14-/m0/s1. The number of hydrogen-bond acceptors (Lipinski definition) is 6. The van der Waals surface area contributed by atoms with Crippen molar-refractivity contribution in [2.75, 3.05) is 17.7 Å². The minimum atomic E-state index is -3.40. The van der Waals surface area contributed by atoms with Crippen LogP contribution in [0.25, 0.3) is 0 Å². The van der Waals surface area contributed by atoms with Crippen LogP contribution < -0.4 is 10.1 Å². The Balaban J connectivity index is 2.41. The van der Waals surface area contributed by atoms with E-state index < -0.39 is 27.3 Å². The maximum absolute atomic E-state index is 12.1. The molecule has 1 aromatic rings. The molecule has 0 aromatic heterocycles. The summed E-state index contributed by atoms with van der Waals surface area (Å²) in [7, 11) is -3.40. The van der Waals surface area contributed by atoms with Crippen molar-refractivity contribution in [3.05, 3.63) is 18.2 Å². The predicted octanol–water partition coefficient (Wildman–Crippen LogP) is 1.13. The van der Waals surface area contributed by atoms with Crippen molar-refractivity contribution in [1.29, 1.82) is 0 Å². The Morgan fingerprint density at radius 1 is 1.36 bits per heavy atom. The van der Waals surface area contributed by atoms with E-state index in [2.05, 4.69) is 5.32 Å². The number of fused-ring (bicyclic) bond motifs is 1. The number of rotatable bonds is 4. The first kappa shape index (κ1) is 16.3. The summed E-state index contributed by atoms with van der Waals surface area (Å²) in [6.45, 7) is 4.57. The fourth-order valence-electron chi connectivity index (χ4n) is 1.97. The molecule has 8 heteroatoms. The molecule has 120 valence electrons. The highest BCUT2D eigenvalue weighted by molar-refractivity contribution is 7.91. The Kier molecular flexibility index (Phi) is 4.15. The summed E-state index contributed by atoms with van der Waals surface area (Å²) in [5.41, 5.74) is -1.59. The van der Waals surface area contributed by atoms with Crippen LogP contribution in [0.3, 0.4) is 0 Å². The van der Waals surface area contributed by atoms with Gasteiger partial charge >= 0.3 is 5.97 Å². The van der Waals surface area contributed by atoms with Crippen LogP contribution in [0, 0.1) is 0 Å². The summed E-state index contributed by atoms with van der Waals surface area (Å²) in [5.74, 6) is -1.35. The zero-order valence-electron chi connectivity index (χ0n) is 12.5. The highest BCUT2D eigenvalue weighted by Gasteiger charge is 2.48. The third-order valence-electron chi connectivity index (χ3n) is 3.35. The van der Waals surface area contributed by atoms with Gasteiger partial charge in [-0.1, -0.05) is 6.92 Å². The molecule has 7 nitrogen and oxygen atoms in total. The van der Waals surface area contributed by atoms with Gasteiger partial charge in [0.05, 0.1) is 22.9 Å². The monoisotopic (exact) mass is 327 g/mol. The second-order valence-electron chi connectivity index (χ2n) is 4.87.